The van der Waals surface area contributed by atoms with E-state index in [0.717, 1.165) is 6.42 Å². The van der Waals surface area contributed by atoms with Crippen molar-refractivity contribution in [3.05, 3.63) is 12.2 Å². The van der Waals surface area contributed by atoms with Gasteiger partial charge in [0.05, 0.1) is 23.2 Å². The topological polar surface area (TPSA) is 154 Å². The van der Waals surface area contributed by atoms with Crippen molar-refractivity contribution in [2.75, 3.05) is 13.2 Å². The van der Waals surface area contributed by atoms with Crippen LogP contribution in [-0.2, 0) is 38.2 Å². The molecule has 0 radical (unpaired) electrons. The van der Waals surface area contributed by atoms with Crippen LogP contribution >= 0.6 is 0 Å². The standard InChI is InChI=1S/C26H40O10/c1-8-11-26(7,25(4,5)6)24(33)35-14-17(13-34-22(31)15(2)3)36-23(32)18-10-9-16(20(27)28)12-19(18)21(29)30/h16-19H,2,8-14H2,1,3-7H3,(H,27,28)(H,29,30). The molecule has 0 bridgehead atoms. The summed E-state index contributed by atoms with van der Waals surface area (Å²) < 4.78 is 16.1. The Morgan fingerprint density at radius 1 is 0.944 bits per heavy atom. The van der Waals surface area contributed by atoms with Crippen LogP contribution in [-0.4, -0.2) is 59.4 Å². The minimum absolute atomic E-state index is 0.0173. The van der Waals surface area contributed by atoms with Crippen LogP contribution < -0.4 is 0 Å². The van der Waals surface area contributed by atoms with Crippen LogP contribution in [0, 0.1) is 28.6 Å². The summed E-state index contributed by atoms with van der Waals surface area (Å²) in [6, 6.07) is 0. The van der Waals surface area contributed by atoms with E-state index in [4.69, 9.17) is 14.2 Å². The third kappa shape index (κ3) is 8.06. The molecule has 0 aromatic heterocycles. The fraction of sp³-hybridized carbons (Fsp3) is 0.731. The van der Waals surface area contributed by atoms with Crippen molar-refractivity contribution >= 4 is 29.8 Å². The molecule has 5 atom stereocenters. The van der Waals surface area contributed by atoms with Gasteiger partial charge in [-0.3, -0.25) is 19.2 Å². The highest BCUT2D eigenvalue weighted by Crippen LogP contribution is 2.43. The van der Waals surface area contributed by atoms with Crippen LogP contribution in [0.5, 0.6) is 0 Å². The molecule has 1 rings (SSSR count). The number of carboxylic acids is 2. The van der Waals surface area contributed by atoms with Crippen LogP contribution in [0.2, 0.25) is 0 Å². The van der Waals surface area contributed by atoms with E-state index in [0.29, 0.717) is 6.42 Å². The third-order valence-electron chi connectivity index (χ3n) is 7.11. The van der Waals surface area contributed by atoms with Gasteiger partial charge in [0.25, 0.3) is 0 Å². The van der Waals surface area contributed by atoms with Gasteiger partial charge >= 0.3 is 29.8 Å². The molecule has 0 aromatic rings. The molecule has 0 amide bonds. The number of aliphatic carboxylic acids is 2. The van der Waals surface area contributed by atoms with Crippen LogP contribution in [0.25, 0.3) is 0 Å². The van der Waals surface area contributed by atoms with E-state index in [1.165, 1.54) is 6.92 Å². The second kappa shape index (κ2) is 12.9. The Bertz CT molecular complexity index is 855. The summed E-state index contributed by atoms with van der Waals surface area (Å²) >= 11 is 0. The number of hydrogen-bond donors (Lipinski definition) is 2. The zero-order valence-electron chi connectivity index (χ0n) is 22.1. The van der Waals surface area contributed by atoms with Gasteiger partial charge in [-0.05, 0) is 44.9 Å². The second-order valence-electron chi connectivity index (χ2n) is 10.8. The summed E-state index contributed by atoms with van der Waals surface area (Å²) in [5, 5.41) is 18.8. The van der Waals surface area contributed by atoms with Gasteiger partial charge in [0.1, 0.15) is 13.2 Å². The number of ether oxygens (including phenoxy) is 3. The average Bonchev–Trinajstić information content (AvgIpc) is 2.78. The summed E-state index contributed by atoms with van der Waals surface area (Å²) in [5.74, 6) is -7.66. The van der Waals surface area contributed by atoms with Gasteiger partial charge in [-0.15, -0.1) is 0 Å². The van der Waals surface area contributed by atoms with E-state index in [2.05, 4.69) is 6.58 Å². The summed E-state index contributed by atoms with van der Waals surface area (Å²) in [6.07, 6.45) is 0.0793. The molecule has 0 heterocycles. The van der Waals surface area contributed by atoms with Gasteiger partial charge in [0, 0.05) is 5.57 Å². The Hall–Kier alpha value is -2.91. The van der Waals surface area contributed by atoms with E-state index >= 15 is 0 Å². The number of carbonyl (C=O) groups excluding carboxylic acids is 3. The lowest BCUT2D eigenvalue weighted by Gasteiger charge is -2.39. The van der Waals surface area contributed by atoms with Crippen LogP contribution in [0.15, 0.2) is 12.2 Å². The van der Waals surface area contributed by atoms with Gasteiger partial charge < -0.3 is 24.4 Å². The molecule has 1 aliphatic carbocycles. The zero-order valence-corrected chi connectivity index (χ0v) is 22.1. The maximum absolute atomic E-state index is 13.1. The predicted octanol–water partition coefficient (Wildman–Crippen LogP) is 3.61. The fourth-order valence-electron chi connectivity index (χ4n) is 4.22. The molecule has 1 saturated carbocycles. The van der Waals surface area contributed by atoms with Crippen molar-refractivity contribution in [1.29, 1.82) is 0 Å². The van der Waals surface area contributed by atoms with Crippen molar-refractivity contribution in [2.24, 2.45) is 28.6 Å². The number of rotatable bonds is 12. The van der Waals surface area contributed by atoms with Gasteiger partial charge in [0.15, 0.2) is 6.10 Å². The van der Waals surface area contributed by atoms with E-state index in [-0.39, 0.29) is 24.8 Å². The van der Waals surface area contributed by atoms with E-state index in [1.54, 1.807) is 6.92 Å². The molecule has 1 fully saturated rings. The molecule has 0 aromatic carbocycles. The molecular weight excluding hydrogens is 472 g/mol. The summed E-state index contributed by atoms with van der Waals surface area (Å²) in [7, 11) is 0. The molecule has 0 aliphatic heterocycles. The minimum Gasteiger partial charge on any atom is -0.481 e. The molecule has 10 nitrogen and oxygen atoms in total. The van der Waals surface area contributed by atoms with Crippen molar-refractivity contribution in [3.8, 4) is 0 Å². The quantitative estimate of drug-likeness (QED) is 0.225. The van der Waals surface area contributed by atoms with E-state index < -0.39 is 77.7 Å². The van der Waals surface area contributed by atoms with Gasteiger partial charge in [-0.25, -0.2) is 4.79 Å². The highest BCUT2D eigenvalue weighted by molar-refractivity contribution is 5.87. The van der Waals surface area contributed by atoms with E-state index in [1.807, 2.05) is 27.7 Å². The normalized spacial score (nSPS) is 22.4. The first-order valence-electron chi connectivity index (χ1n) is 12.2. The van der Waals surface area contributed by atoms with Crippen molar-refractivity contribution < 1.29 is 48.4 Å². The Balaban J connectivity index is 3.03. The molecule has 36 heavy (non-hydrogen) atoms. The first-order valence-corrected chi connectivity index (χ1v) is 12.2. The Kier molecular flexibility index (Phi) is 11.1. The van der Waals surface area contributed by atoms with E-state index in [9.17, 15) is 34.2 Å². The highest BCUT2D eigenvalue weighted by Gasteiger charge is 2.46. The van der Waals surface area contributed by atoms with Gasteiger partial charge in [0.2, 0.25) is 0 Å². The second-order valence-corrected chi connectivity index (χ2v) is 10.8. The lowest BCUT2D eigenvalue weighted by molar-refractivity contribution is -0.179. The Labute approximate surface area is 212 Å². The third-order valence-corrected chi connectivity index (χ3v) is 7.11. The fourth-order valence-corrected chi connectivity index (χ4v) is 4.22. The lowest BCUT2D eigenvalue weighted by Crippen LogP contribution is -2.44. The average molecular weight is 513 g/mol. The van der Waals surface area contributed by atoms with Crippen molar-refractivity contribution in [1.82, 2.24) is 0 Å². The van der Waals surface area contributed by atoms with Crippen molar-refractivity contribution in [2.45, 2.75) is 79.8 Å². The monoisotopic (exact) mass is 512 g/mol. The zero-order chi connectivity index (χ0) is 27.8. The molecule has 204 valence electrons. The molecule has 1 aliphatic rings. The molecule has 10 heteroatoms. The smallest absolute Gasteiger partial charge is 0.333 e. The maximum atomic E-state index is 13.1. The van der Waals surface area contributed by atoms with Gasteiger partial charge in [-0.2, -0.15) is 0 Å². The molecule has 2 N–H and O–H groups in total. The molecule has 5 unspecified atom stereocenters. The summed E-state index contributed by atoms with van der Waals surface area (Å²) in [5.41, 5.74) is -1.12. The van der Waals surface area contributed by atoms with Gasteiger partial charge in [-0.1, -0.05) is 40.7 Å². The van der Waals surface area contributed by atoms with Crippen LogP contribution in [0.1, 0.15) is 73.6 Å². The molecule has 0 saturated heterocycles. The number of carboxylic acid groups (broad SMARTS) is 2. The minimum atomic E-state index is -1.29. The maximum Gasteiger partial charge on any atom is 0.333 e. The lowest BCUT2D eigenvalue weighted by atomic mass is 9.65. The Morgan fingerprint density at radius 3 is 2.00 bits per heavy atom. The first kappa shape index (κ1) is 31.1. The van der Waals surface area contributed by atoms with Crippen LogP contribution in [0.3, 0.4) is 0 Å². The number of hydrogen-bond acceptors (Lipinski definition) is 8. The highest BCUT2D eigenvalue weighted by atomic mass is 16.6. The first-order chi connectivity index (χ1) is 16.5. The molecule has 0 spiro atoms. The number of carbonyl (C=O) groups is 5. The summed E-state index contributed by atoms with van der Waals surface area (Å²) in [6.45, 7) is 13.7. The molecular formula is C26H40O10. The predicted molar refractivity (Wildman–Crippen MR) is 129 cm³/mol. The SMILES string of the molecule is C=C(C)C(=O)OCC(COC(=O)C(C)(CCC)C(C)(C)C)OC(=O)C1CCC(C(=O)O)CC1C(=O)O. The largest absolute Gasteiger partial charge is 0.481 e. The summed E-state index contributed by atoms with van der Waals surface area (Å²) in [4.78, 5) is 61.0. The van der Waals surface area contributed by atoms with Crippen molar-refractivity contribution in [3.63, 3.8) is 0 Å². The van der Waals surface area contributed by atoms with Crippen LogP contribution in [0.4, 0.5) is 0 Å². The Morgan fingerprint density at radius 2 is 1.53 bits per heavy atom. The number of esters is 3.